The monoisotopic (exact) mass is 456 g/mol. The van der Waals surface area contributed by atoms with Crippen LogP contribution in [0.2, 0.25) is 0 Å². The molecule has 0 saturated heterocycles. The van der Waals surface area contributed by atoms with Crippen LogP contribution in [0.3, 0.4) is 0 Å². The maximum Gasteiger partial charge on any atom is 0.0775 e. The van der Waals surface area contributed by atoms with Crippen LogP contribution in [-0.2, 0) is 4.32 Å². The van der Waals surface area contributed by atoms with Crippen molar-refractivity contribution in [3.63, 3.8) is 0 Å². The van der Waals surface area contributed by atoms with Crippen LogP contribution in [0.5, 0.6) is 0 Å². The number of hydrogen-bond acceptors (Lipinski definition) is 0. The molecule has 1 aromatic carbocycles. The molecule has 15 heavy (non-hydrogen) atoms. The number of rotatable bonds is 0. The summed E-state index contributed by atoms with van der Waals surface area (Å²) in [5.74, 6) is 0.546. The summed E-state index contributed by atoms with van der Waals surface area (Å²) in [5, 5.41) is 0. The molecular weight excluding hydrogens is 452 g/mol. The molecule has 2 aliphatic carbocycles. The molecule has 4 heteroatoms. The summed E-state index contributed by atoms with van der Waals surface area (Å²) < 4.78 is 0.0302. The van der Waals surface area contributed by atoms with Gasteiger partial charge in [0.1, 0.15) is 0 Å². The van der Waals surface area contributed by atoms with Crippen LogP contribution < -0.4 is 0 Å². The van der Waals surface area contributed by atoms with Gasteiger partial charge >= 0.3 is 0 Å². The van der Waals surface area contributed by atoms with Crippen LogP contribution >= 0.6 is 63.7 Å². The van der Waals surface area contributed by atoms with Crippen LogP contribution in [0.15, 0.2) is 24.3 Å². The van der Waals surface area contributed by atoms with Crippen molar-refractivity contribution in [3.05, 3.63) is 35.4 Å². The first kappa shape index (κ1) is 11.2. The van der Waals surface area contributed by atoms with Gasteiger partial charge in [0.2, 0.25) is 0 Å². The van der Waals surface area contributed by atoms with E-state index in [1.54, 1.807) is 0 Å². The highest BCUT2D eigenvalue weighted by Gasteiger charge is 2.63. The molecule has 0 amide bonds. The van der Waals surface area contributed by atoms with Crippen molar-refractivity contribution >= 4 is 63.7 Å². The molecule has 0 nitrogen and oxygen atoms in total. The van der Waals surface area contributed by atoms with Crippen LogP contribution in [-0.4, -0.2) is 14.5 Å². The fraction of sp³-hybridized carbons (Fsp3) is 0.455. The van der Waals surface area contributed by atoms with E-state index in [-0.39, 0.29) is 4.32 Å². The van der Waals surface area contributed by atoms with Crippen LogP contribution in [0, 0.1) is 0 Å². The minimum absolute atomic E-state index is 0.0302. The summed E-state index contributed by atoms with van der Waals surface area (Å²) in [4.78, 5) is 1.36. The lowest BCUT2D eigenvalue weighted by molar-refractivity contribution is 0.730. The predicted octanol–water partition coefficient (Wildman–Crippen LogP) is 4.68. The SMILES string of the molecule is Br[C@@H]1[C@H]2c3ccccc3[C@@](Br)([C@@H]1Br)[C@H]2Br. The van der Waals surface area contributed by atoms with Crippen LogP contribution in [0.25, 0.3) is 0 Å². The Morgan fingerprint density at radius 2 is 1.67 bits per heavy atom. The second-order valence-corrected chi connectivity index (χ2v) is 8.47. The lowest BCUT2D eigenvalue weighted by Crippen LogP contribution is -2.32. The molecule has 80 valence electrons. The van der Waals surface area contributed by atoms with E-state index >= 15 is 0 Å². The Morgan fingerprint density at radius 3 is 2.40 bits per heavy atom. The van der Waals surface area contributed by atoms with Gasteiger partial charge in [-0.2, -0.15) is 0 Å². The van der Waals surface area contributed by atoms with Crippen molar-refractivity contribution in [1.29, 1.82) is 0 Å². The smallest absolute Gasteiger partial charge is 0.0775 e. The molecular formula is C11H8Br4. The van der Waals surface area contributed by atoms with Gasteiger partial charge in [0.05, 0.1) is 4.32 Å². The van der Waals surface area contributed by atoms with Crippen molar-refractivity contribution in [1.82, 2.24) is 0 Å². The average Bonchev–Trinajstić information content (AvgIpc) is 2.56. The molecule has 5 atom stereocenters. The third-order valence-corrected chi connectivity index (χ3v) is 10.5. The number of fused-ring (bicyclic) bond motifs is 5. The molecule has 1 fully saturated rings. The highest BCUT2D eigenvalue weighted by atomic mass is 79.9. The number of hydrogen-bond donors (Lipinski definition) is 0. The van der Waals surface area contributed by atoms with Crippen molar-refractivity contribution < 1.29 is 0 Å². The largest absolute Gasteiger partial charge is 0.0871 e. The molecule has 0 N–H and O–H groups in total. The van der Waals surface area contributed by atoms with E-state index in [1.807, 2.05) is 0 Å². The van der Waals surface area contributed by atoms with Crippen molar-refractivity contribution in [2.24, 2.45) is 0 Å². The minimum atomic E-state index is 0.0302. The first-order valence-corrected chi connectivity index (χ1v) is 8.33. The number of halogens is 4. The molecule has 1 saturated carbocycles. The maximum atomic E-state index is 3.93. The quantitative estimate of drug-likeness (QED) is 0.494. The van der Waals surface area contributed by atoms with E-state index in [0.717, 1.165) is 0 Å². The van der Waals surface area contributed by atoms with E-state index in [0.29, 0.717) is 20.4 Å². The van der Waals surface area contributed by atoms with Crippen molar-refractivity contribution in [3.8, 4) is 0 Å². The average molecular weight is 460 g/mol. The predicted molar refractivity (Wildman–Crippen MR) is 77.9 cm³/mol. The van der Waals surface area contributed by atoms with E-state index in [2.05, 4.69) is 88.0 Å². The standard InChI is InChI=1S/C11H8Br4/c12-8-7-5-3-1-2-4-6(5)11(15,9(7)13)10(8)14/h1-4,7-10H/t7-,8-,9+,10-,11+/m1/s1. The fourth-order valence-corrected chi connectivity index (χ4v) is 7.81. The van der Waals surface area contributed by atoms with Crippen molar-refractivity contribution in [2.45, 2.75) is 24.7 Å². The Hall–Kier alpha value is 1.14. The normalized spacial score (nSPS) is 46.9. The lowest BCUT2D eigenvalue weighted by Gasteiger charge is -2.31. The zero-order valence-electron chi connectivity index (χ0n) is 7.63. The van der Waals surface area contributed by atoms with E-state index in [9.17, 15) is 0 Å². The van der Waals surface area contributed by atoms with Gasteiger partial charge in [0.15, 0.2) is 0 Å². The second-order valence-electron chi connectivity index (χ2n) is 4.13. The number of alkyl halides is 4. The molecule has 0 heterocycles. The molecule has 0 unspecified atom stereocenters. The molecule has 1 aromatic rings. The van der Waals surface area contributed by atoms with Gasteiger partial charge in [0, 0.05) is 20.4 Å². The van der Waals surface area contributed by atoms with Gasteiger partial charge in [-0.3, -0.25) is 0 Å². The first-order valence-electron chi connectivity index (χ1n) is 4.79. The van der Waals surface area contributed by atoms with Gasteiger partial charge in [-0.05, 0) is 11.1 Å². The summed E-state index contributed by atoms with van der Waals surface area (Å²) in [6.45, 7) is 0. The highest BCUT2D eigenvalue weighted by Crippen LogP contribution is 2.66. The fourth-order valence-electron chi connectivity index (χ4n) is 2.75. The maximum absolute atomic E-state index is 3.93. The van der Waals surface area contributed by atoms with Gasteiger partial charge in [0.25, 0.3) is 0 Å². The van der Waals surface area contributed by atoms with Gasteiger partial charge in [-0.25, -0.2) is 0 Å². The molecule has 3 rings (SSSR count). The Kier molecular flexibility index (Phi) is 2.67. The molecule has 0 radical (unpaired) electrons. The second kappa shape index (κ2) is 3.56. The molecule has 2 aliphatic rings. The molecule has 0 aliphatic heterocycles. The van der Waals surface area contributed by atoms with Crippen LogP contribution in [0.1, 0.15) is 17.0 Å². The Morgan fingerprint density at radius 1 is 1.00 bits per heavy atom. The summed E-state index contributed by atoms with van der Waals surface area (Å²) in [5.41, 5.74) is 2.89. The minimum Gasteiger partial charge on any atom is -0.0871 e. The van der Waals surface area contributed by atoms with Crippen LogP contribution in [0.4, 0.5) is 0 Å². The number of benzene rings is 1. The molecule has 0 aromatic heterocycles. The Labute approximate surface area is 123 Å². The van der Waals surface area contributed by atoms with E-state index in [4.69, 9.17) is 0 Å². The van der Waals surface area contributed by atoms with E-state index in [1.165, 1.54) is 11.1 Å². The Bertz CT molecular complexity index is 419. The topological polar surface area (TPSA) is 0 Å². The zero-order valence-corrected chi connectivity index (χ0v) is 14.0. The van der Waals surface area contributed by atoms with Gasteiger partial charge in [-0.1, -0.05) is 88.0 Å². The Balaban J connectivity index is 2.27. The summed E-state index contributed by atoms with van der Waals surface area (Å²) in [6, 6.07) is 8.71. The van der Waals surface area contributed by atoms with Gasteiger partial charge in [-0.15, -0.1) is 0 Å². The summed E-state index contributed by atoms with van der Waals surface area (Å²) in [6.07, 6.45) is 0. The molecule has 2 bridgehead atoms. The zero-order chi connectivity index (χ0) is 10.8. The third-order valence-electron chi connectivity index (χ3n) is 3.47. The molecule has 0 spiro atoms. The third kappa shape index (κ3) is 1.23. The van der Waals surface area contributed by atoms with Crippen molar-refractivity contribution in [2.75, 3.05) is 0 Å². The first-order chi connectivity index (χ1) is 7.08. The summed E-state index contributed by atoms with van der Waals surface area (Å²) in [7, 11) is 0. The summed E-state index contributed by atoms with van der Waals surface area (Å²) >= 11 is 15.4. The highest BCUT2D eigenvalue weighted by molar-refractivity contribution is 9.14. The lowest BCUT2D eigenvalue weighted by atomic mass is 9.92. The van der Waals surface area contributed by atoms with E-state index < -0.39 is 0 Å². The van der Waals surface area contributed by atoms with Gasteiger partial charge < -0.3 is 0 Å².